The molecule has 0 radical (unpaired) electrons. The molecule has 1 aromatic carbocycles. The molecule has 1 aromatic heterocycles. The highest BCUT2D eigenvalue weighted by Gasteiger charge is 2.02. The van der Waals surface area contributed by atoms with Crippen LogP contribution in [0.3, 0.4) is 0 Å². The summed E-state index contributed by atoms with van der Waals surface area (Å²) < 4.78 is 2.09. The average Bonchev–Trinajstić information content (AvgIpc) is 2.44. The Labute approximate surface area is 77.5 Å². The van der Waals surface area contributed by atoms with Crippen molar-refractivity contribution in [3.8, 4) is 0 Å². The number of aryl methyl sites for hydroxylation is 1. The Morgan fingerprint density at radius 3 is 2.85 bits per heavy atom. The molecule has 0 bridgehead atoms. The van der Waals surface area contributed by atoms with E-state index in [1.165, 1.54) is 0 Å². The van der Waals surface area contributed by atoms with Gasteiger partial charge in [-0.25, -0.2) is 4.98 Å². The van der Waals surface area contributed by atoms with Gasteiger partial charge in [0.2, 0.25) is 0 Å². The van der Waals surface area contributed by atoms with Crippen molar-refractivity contribution in [3.63, 3.8) is 0 Å². The lowest BCUT2D eigenvalue weighted by Crippen LogP contribution is -1.88. The lowest BCUT2D eigenvalue weighted by Gasteiger charge is -1.96. The van der Waals surface area contributed by atoms with Crippen LogP contribution in [0.1, 0.15) is 12.7 Å². The second-order valence-electron chi connectivity index (χ2n) is 3.00. The van der Waals surface area contributed by atoms with Gasteiger partial charge >= 0.3 is 0 Å². The van der Waals surface area contributed by atoms with Gasteiger partial charge in [-0.15, -0.1) is 0 Å². The number of hydrogen-bond acceptors (Lipinski definition) is 1. The molecule has 0 spiro atoms. The Morgan fingerprint density at radius 2 is 2.08 bits per heavy atom. The van der Waals surface area contributed by atoms with Gasteiger partial charge in [0.1, 0.15) is 5.82 Å². The number of nitrogens with zero attached hydrogens (tertiary/aromatic N) is 2. The second kappa shape index (κ2) is 3.05. The van der Waals surface area contributed by atoms with Gasteiger partial charge in [-0.3, -0.25) is 0 Å². The number of benzene rings is 1. The van der Waals surface area contributed by atoms with Crippen LogP contribution in [0.4, 0.5) is 0 Å². The highest BCUT2D eigenvalue weighted by molar-refractivity contribution is 5.78. The Balaban J connectivity index is 2.78. The van der Waals surface area contributed by atoms with E-state index in [0.717, 1.165) is 16.9 Å². The number of imidazole rings is 1. The van der Waals surface area contributed by atoms with Crippen molar-refractivity contribution >= 4 is 17.2 Å². The summed E-state index contributed by atoms with van der Waals surface area (Å²) in [4.78, 5) is 4.44. The fraction of sp³-hybridized carbons (Fsp3) is 0.182. The highest BCUT2D eigenvalue weighted by atomic mass is 15.1. The number of hydrogen-bond donors (Lipinski definition) is 0. The molecule has 2 heteroatoms. The van der Waals surface area contributed by atoms with Crippen molar-refractivity contribution in [2.75, 3.05) is 0 Å². The summed E-state index contributed by atoms with van der Waals surface area (Å²) in [5.74, 6) is 1.03. The third-order valence-corrected chi connectivity index (χ3v) is 2.07. The molecule has 0 fully saturated rings. The summed E-state index contributed by atoms with van der Waals surface area (Å²) in [5, 5.41) is 0. The Bertz CT molecular complexity index is 452. The predicted octanol–water partition coefficient (Wildman–Crippen LogP) is 2.84. The second-order valence-corrected chi connectivity index (χ2v) is 3.00. The third kappa shape index (κ3) is 1.24. The molecule has 0 aliphatic heterocycles. The van der Waals surface area contributed by atoms with E-state index in [-0.39, 0.29) is 0 Å². The molecule has 2 rings (SSSR count). The molecule has 13 heavy (non-hydrogen) atoms. The summed E-state index contributed by atoms with van der Waals surface area (Å²) in [6.07, 6.45) is 4.05. The zero-order valence-corrected chi connectivity index (χ0v) is 7.86. The normalized spacial score (nSPS) is 11.5. The minimum absolute atomic E-state index is 1.03. The number of rotatable bonds is 1. The molecule has 1 heterocycles. The Kier molecular flexibility index (Phi) is 1.89. The van der Waals surface area contributed by atoms with Crippen molar-refractivity contribution in [3.05, 3.63) is 36.2 Å². The number of para-hydroxylation sites is 2. The Morgan fingerprint density at radius 1 is 1.31 bits per heavy atom. The third-order valence-electron chi connectivity index (χ3n) is 2.07. The van der Waals surface area contributed by atoms with Gasteiger partial charge in [-0.05, 0) is 26.0 Å². The van der Waals surface area contributed by atoms with Gasteiger partial charge < -0.3 is 4.57 Å². The molecule has 0 aliphatic rings. The van der Waals surface area contributed by atoms with Crippen LogP contribution in [0.25, 0.3) is 17.2 Å². The van der Waals surface area contributed by atoms with Gasteiger partial charge in [0.05, 0.1) is 11.0 Å². The van der Waals surface area contributed by atoms with E-state index < -0.39 is 0 Å². The fourth-order valence-corrected chi connectivity index (χ4v) is 1.50. The molecule has 0 saturated carbocycles. The van der Waals surface area contributed by atoms with Crippen LogP contribution in [-0.4, -0.2) is 9.55 Å². The van der Waals surface area contributed by atoms with Crippen molar-refractivity contribution < 1.29 is 0 Å². The van der Waals surface area contributed by atoms with Crippen LogP contribution in [0.2, 0.25) is 0 Å². The molecular weight excluding hydrogens is 160 g/mol. The van der Waals surface area contributed by atoms with Gasteiger partial charge in [-0.2, -0.15) is 0 Å². The first-order chi connectivity index (χ1) is 6.33. The zero-order valence-electron chi connectivity index (χ0n) is 7.86. The zero-order chi connectivity index (χ0) is 9.26. The molecule has 0 aliphatic carbocycles. The summed E-state index contributed by atoms with van der Waals surface area (Å²) >= 11 is 0. The highest BCUT2D eigenvalue weighted by Crippen LogP contribution is 2.15. The summed E-state index contributed by atoms with van der Waals surface area (Å²) in [6, 6.07) is 8.15. The molecule has 66 valence electrons. The van der Waals surface area contributed by atoms with Crippen LogP contribution < -0.4 is 0 Å². The van der Waals surface area contributed by atoms with Gasteiger partial charge in [0.25, 0.3) is 0 Å². The average molecular weight is 172 g/mol. The molecule has 0 unspecified atom stereocenters. The molecule has 0 amide bonds. The predicted molar refractivity (Wildman–Crippen MR) is 55.5 cm³/mol. The lowest BCUT2D eigenvalue weighted by atomic mass is 10.3. The van der Waals surface area contributed by atoms with Crippen LogP contribution >= 0.6 is 0 Å². The van der Waals surface area contributed by atoms with E-state index in [0.29, 0.717) is 0 Å². The van der Waals surface area contributed by atoms with Crippen molar-refractivity contribution in [2.24, 2.45) is 0 Å². The number of fused-ring (bicyclic) bond motifs is 1. The van der Waals surface area contributed by atoms with E-state index in [9.17, 15) is 0 Å². The molecule has 0 N–H and O–H groups in total. The molecule has 2 nitrogen and oxygen atoms in total. The Hall–Kier alpha value is -1.57. The minimum Gasteiger partial charge on any atom is -0.304 e. The van der Waals surface area contributed by atoms with Crippen LogP contribution in [0.5, 0.6) is 0 Å². The smallest absolute Gasteiger partial charge is 0.110 e. The van der Waals surface area contributed by atoms with E-state index in [1.807, 2.05) is 44.3 Å². The van der Waals surface area contributed by atoms with Crippen molar-refractivity contribution in [1.82, 2.24) is 9.55 Å². The van der Waals surface area contributed by atoms with Gasteiger partial charge in [0.15, 0.2) is 0 Å². The first kappa shape index (κ1) is 8.05. The van der Waals surface area contributed by atoms with Crippen molar-refractivity contribution in [2.45, 2.75) is 13.8 Å². The molecular formula is C11H12N2. The van der Waals surface area contributed by atoms with Gasteiger partial charge in [-0.1, -0.05) is 18.2 Å². The van der Waals surface area contributed by atoms with Crippen LogP contribution in [0.15, 0.2) is 30.3 Å². The monoisotopic (exact) mass is 172 g/mol. The first-order valence-electron chi connectivity index (χ1n) is 4.39. The molecule has 2 aromatic rings. The quantitative estimate of drug-likeness (QED) is 0.646. The SMILES string of the molecule is C/C=C\n1c(C)nc2ccccc21. The minimum atomic E-state index is 1.03. The van der Waals surface area contributed by atoms with Gasteiger partial charge in [0, 0.05) is 6.20 Å². The maximum absolute atomic E-state index is 4.44. The standard InChI is InChI=1S/C11H12N2/c1-3-8-13-9(2)12-10-6-4-5-7-11(10)13/h3-8H,1-2H3/b8-3-. The first-order valence-corrected chi connectivity index (χ1v) is 4.39. The number of aromatic nitrogens is 2. The van der Waals surface area contributed by atoms with Crippen LogP contribution in [0, 0.1) is 6.92 Å². The van der Waals surface area contributed by atoms with E-state index in [4.69, 9.17) is 0 Å². The van der Waals surface area contributed by atoms with E-state index in [1.54, 1.807) is 0 Å². The largest absolute Gasteiger partial charge is 0.304 e. The number of allylic oxidation sites excluding steroid dienone is 1. The summed E-state index contributed by atoms with van der Waals surface area (Å²) in [5.41, 5.74) is 2.22. The molecule has 0 atom stereocenters. The maximum Gasteiger partial charge on any atom is 0.110 e. The lowest BCUT2D eigenvalue weighted by molar-refractivity contribution is 1.05. The summed E-state index contributed by atoms with van der Waals surface area (Å²) in [7, 11) is 0. The van der Waals surface area contributed by atoms with Crippen LogP contribution in [-0.2, 0) is 0 Å². The molecule has 0 saturated heterocycles. The van der Waals surface area contributed by atoms with Crippen molar-refractivity contribution in [1.29, 1.82) is 0 Å². The topological polar surface area (TPSA) is 17.8 Å². The van der Waals surface area contributed by atoms with E-state index >= 15 is 0 Å². The maximum atomic E-state index is 4.44. The fourth-order valence-electron chi connectivity index (χ4n) is 1.50. The summed E-state index contributed by atoms with van der Waals surface area (Å²) in [6.45, 7) is 4.02. The van der Waals surface area contributed by atoms with E-state index in [2.05, 4.69) is 15.6 Å².